The minimum Gasteiger partial charge on any atom is -0.469 e. The first-order valence-corrected chi connectivity index (χ1v) is 9.73. The number of nitrogens with one attached hydrogen (secondary N) is 1. The van der Waals surface area contributed by atoms with Gasteiger partial charge in [-0.25, -0.2) is 0 Å². The van der Waals surface area contributed by atoms with Gasteiger partial charge in [-0.3, -0.25) is 4.79 Å². The first-order valence-electron chi connectivity index (χ1n) is 9.20. The number of anilines is 2. The number of carbonyl (C=O) groups is 1. The summed E-state index contributed by atoms with van der Waals surface area (Å²) in [5, 5.41) is 3.12. The summed E-state index contributed by atoms with van der Waals surface area (Å²) in [6, 6.07) is 10.4. The number of halogens is 1. The quantitative estimate of drug-likeness (QED) is 0.427. The molecule has 0 heterocycles. The Hall–Kier alpha value is -2.20. The lowest BCUT2D eigenvalue weighted by molar-refractivity contribution is -0.147. The maximum atomic E-state index is 12.7. The van der Waals surface area contributed by atoms with Gasteiger partial charge in [0.2, 0.25) is 0 Å². The zero-order valence-electron chi connectivity index (χ0n) is 16.4. The van der Waals surface area contributed by atoms with Gasteiger partial charge in [-0.1, -0.05) is 24.3 Å². The fourth-order valence-corrected chi connectivity index (χ4v) is 4.32. The lowest BCUT2D eigenvalue weighted by atomic mass is 9.75. The standard InChI is InChI=1S/C22H27ClN2O2/c1-13-5-6-15(11-16(13)12-23)19(22(9-10-22)21(26)27-4)17-7-8-18(25-3)20(24)14(17)2/h5-8,11,19,25H,9-10,12,24H2,1-4H3. The maximum Gasteiger partial charge on any atom is 0.312 e. The molecule has 3 N–H and O–H groups in total. The number of methoxy groups -OCH3 is 1. The largest absolute Gasteiger partial charge is 0.469 e. The van der Waals surface area contributed by atoms with Gasteiger partial charge in [-0.15, -0.1) is 11.6 Å². The van der Waals surface area contributed by atoms with E-state index in [1.807, 2.05) is 20.0 Å². The molecule has 1 aliphatic rings. The number of benzene rings is 2. The molecule has 0 amide bonds. The van der Waals surface area contributed by atoms with Crippen LogP contribution in [0, 0.1) is 19.3 Å². The number of rotatable bonds is 6. The fourth-order valence-electron chi connectivity index (χ4n) is 4.04. The van der Waals surface area contributed by atoms with Gasteiger partial charge in [-0.05, 0) is 60.6 Å². The van der Waals surface area contributed by atoms with Crippen LogP contribution in [0.4, 0.5) is 11.4 Å². The van der Waals surface area contributed by atoms with E-state index in [1.54, 1.807) is 0 Å². The Morgan fingerprint density at radius 2 is 2.00 bits per heavy atom. The van der Waals surface area contributed by atoms with Crippen molar-refractivity contribution in [2.75, 3.05) is 25.2 Å². The fraction of sp³-hybridized carbons (Fsp3) is 0.409. The first-order chi connectivity index (χ1) is 12.9. The number of hydrogen-bond donors (Lipinski definition) is 2. The minimum absolute atomic E-state index is 0.110. The van der Waals surface area contributed by atoms with E-state index in [2.05, 4.69) is 36.5 Å². The van der Waals surface area contributed by atoms with Crippen LogP contribution in [-0.4, -0.2) is 20.1 Å². The van der Waals surface area contributed by atoms with Gasteiger partial charge >= 0.3 is 5.97 Å². The predicted molar refractivity (Wildman–Crippen MR) is 111 cm³/mol. The van der Waals surface area contributed by atoms with Crippen LogP contribution >= 0.6 is 11.6 Å². The Morgan fingerprint density at radius 3 is 2.56 bits per heavy atom. The Balaban J connectivity index is 2.21. The predicted octanol–water partition coefficient (Wildman–Crippen LogP) is 4.75. The van der Waals surface area contributed by atoms with Crippen molar-refractivity contribution in [3.63, 3.8) is 0 Å². The summed E-state index contributed by atoms with van der Waals surface area (Å²) < 4.78 is 5.19. The van der Waals surface area contributed by atoms with E-state index >= 15 is 0 Å². The van der Waals surface area contributed by atoms with Gasteiger partial charge in [-0.2, -0.15) is 0 Å². The molecule has 1 aliphatic carbocycles. The summed E-state index contributed by atoms with van der Waals surface area (Å²) in [5.74, 6) is 0.175. The van der Waals surface area contributed by atoms with E-state index < -0.39 is 5.41 Å². The third-order valence-corrected chi connectivity index (χ3v) is 6.21. The first kappa shape index (κ1) is 19.6. The van der Waals surface area contributed by atoms with Crippen LogP contribution < -0.4 is 11.1 Å². The highest BCUT2D eigenvalue weighted by molar-refractivity contribution is 6.17. The van der Waals surface area contributed by atoms with Crippen LogP contribution in [0.25, 0.3) is 0 Å². The molecule has 0 spiro atoms. The molecule has 0 saturated heterocycles. The van der Waals surface area contributed by atoms with Crippen molar-refractivity contribution < 1.29 is 9.53 Å². The second-order valence-corrected chi connectivity index (χ2v) is 7.66. The van der Waals surface area contributed by atoms with Crippen molar-refractivity contribution >= 4 is 28.9 Å². The van der Waals surface area contributed by atoms with Crippen molar-refractivity contribution in [3.8, 4) is 0 Å². The van der Waals surface area contributed by atoms with Crippen molar-refractivity contribution in [3.05, 3.63) is 58.1 Å². The highest BCUT2D eigenvalue weighted by atomic mass is 35.5. The Bertz CT molecular complexity index is 875. The van der Waals surface area contributed by atoms with E-state index in [0.29, 0.717) is 11.6 Å². The second-order valence-electron chi connectivity index (χ2n) is 7.39. The number of ether oxygens (including phenoxy) is 1. The number of carbonyl (C=O) groups excluding carboxylic acids is 1. The van der Waals surface area contributed by atoms with Crippen LogP contribution in [0.1, 0.15) is 46.6 Å². The number of hydrogen-bond acceptors (Lipinski definition) is 4. The van der Waals surface area contributed by atoms with Crippen molar-refractivity contribution in [1.29, 1.82) is 0 Å². The molecule has 1 saturated carbocycles. The molecule has 3 rings (SSSR count). The van der Waals surface area contributed by atoms with E-state index in [4.69, 9.17) is 22.1 Å². The van der Waals surface area contributed by atoms with Gasteiger partial charge in [0.15, 0.2) is 0 Å². The number of alkyl halides is 1. The number of esters is 1. The number of nitrogens with two attached hydrogens (primary N) is 1. The van der Waals surface area contributed by atoms with Gasteiger partial charge in [0.25, 0.3) is 0 Å². The molecule has 1 fully saturated rings. The molecule has 1 atom stereocenters. The summed E-state index contributed by atoms with van der Waals surface area (Å²) in [6.45, 7) is 4.07. The molecule has 5 heteroatoms. The van der Waals surface area contributed by atoms with Crippen molar-refractivity contribution in [2.45, 2.75) is 38.5 Å². The average molecular weight is 387 g/mol. The summed E-state index contributed by atoms with van der Waals surface area (Å²) in [4.78, 5) is 12.7. The lowest BCUT2D eigenvalue weighted by Gasteiger charge is -2.29. The zero-order chi connectivity index (χ0) is 19.8. The second kappa shape index (κ2) is 7.43. The van der Waals surface area contributed by atoms with Gasteiger partial charge < -0.3 is 15.8 Å². The molecular weight excluding hydrogens is 360 g/mol. The third-order valence-electron chi connectivity index (χ3n) is 5.92. The molecule has 0 aromatic heterocycles. The molecule has 2 aromatic carbocycles. The van der Waals surface area contributed by atoms with Crippen LogP contribution in [0.15, 0.2) is 30.3 Å². The normalized spacial score (nSPS) is 15.9. The highest BCUT2D eigenvalue weighted by Gasteiger charge is 2.58. The SMILES string of the molecule is CNc1ccc(C(c2ccc(C)c(CCl)c2)C2(C(=O)OC)CC2)c(C)c1N. The van der Waals surface area contributed by atoms with Crippen molar-refractivity contribution in [2.24, 2.45) is 5.41 Å². The highest BCUT2D eigenvalue weighted by Crippen LogP contribution is 2.60. The topological polar surface area (TPSA) is 64.3 Å². The monoisotopic (exact) mass is 386 g/mol. The zero-order valence-corrected chi connectivity index (χ0v) is 17.1. The molecular formula is C22H27ClN2O2. The molecule has 1 unspecified atom stereocenters. The van der Waals surface area contributed by atoms with Crippen LogP contribution in [-0.2, 0) is 15.4 Å². The number of aryl methyl sites for hydroxylation is 1. The van der Waals surface area contributed by atoms with Crippen LogP contribution in [0.5, 0.6) is 0 Å². The summed E-state index contributed by atoms with van der Waals surface area (Å²) in [5.41, 5.74) is 12.8. The molecule has 2 aromatic rings. The molecule has 0 bridgehead atoms. The van der Waals surface area contributed by atoms with Crippen molar-refractivity contribution in [1.82, 2.24) is 0 Å². The minimum atomic E-state index is -0.536. The summed E-state index contributed by atoms with van der Waals surface area (Å²) >= 11 is 6.15. The molecule has 27 heavy (non-hydrogen) atoms. The van der Waals surface area contributed by atoms with E-state index in [-0.39, 0.29) is 11.9 Å². The van der Waals surface area contributed by atoms with Gasteiger partial charge in [0, 0.05) is 18.8 Å². The summed E-state index contributed by atoms with van der Waals surface area (Å²) in [6.07, 6.45) is 1.61. The Labute approximate surface area is 166 Å². The average Bonchev–Trinajstić information content (AvgIpc) is 3.47. The van der Waals surface area contributed by atoms with Crippen LogP contribution in [0.3, 0.4) is 0 Å². The maximum absolute atomic E-state index is 12.7. The lowest BCUT2D eigenvalue weighted by Crippen LogP contribution is -2.27. The van der Waals surface area contributed by atoms with E-state index in [9.17, 15) is 4.79 Å². The smallest absolute Gasteiger partial charge is 0.312 e. The summed E-state index contributed by atoms with van der Waals surface area (Å²) in [7, 11) is 3.32. The molecule has 0 aliphatic heterocycles. The molecule has 144 valence electrons. The van der Waals surface area contributed by atoms with Gasteiger partial charge in [0.05, 0.1) is 23.9 Å². The Kier molecular flexibility index (Phi) is 5.38. The third kappa shape index (κ3) is 3.27. The van der Waals surface area contributed by atoms with E-state index in [1.165, 1.54) is 7.11 Å². The Morgan fingerprint density at radius 1 is 1.30 bits per heavy atom. The van der Waals surface area contributed by atoms with Gasteiger partial charge in [0.1, 0.15) is 0 Å². The van der Waals surface area contributed by atoms with E-state index in [0.717, 1.165) is 46.3 Å². The van der Waals surface area contributed by atoms with Crippen LogP contribution in [0.2, 0.25) is 0 Å². The molecule has 0 radical (unpaired) electrons. The number of nitrogen functional groups attached to an aromatic ring is 1. The molecule has 4 nitrogen and oxygen atoms in total.